The van der Waals surface area contributed by atoms with Gasteiger partial charge < -0.3 is 4.74 Å². The summed E-state index contributed by atoms with van der Waals surface area (Å²) in [6, 6.07) is 10.6. The highest BCUT2D eigenvalue weighted by atomic mass is 19.1. The lowest BCUT2D eigenvalue weighted by atomic mass is 10.0. The predicted octanol–water partition coefficient (Wildman–Crippen LogP) is 3.87. The van der Waals surface area contributed by atoms with Crippen LogP contribution >= 0.6 is 0 Å². The second-order valence-corrected chi connectivity index (χ2v) is 5.03. The van der Waals surface area contributed by atoms with Gasteiger partial charge in [-0.25, -0.2) is 4.39 Å². The Morgan fingerprint density at radius 2 is 2.19 bits per heavy atom. The molecule has 2 nitrogen and oxygen atoms in total. The van der Waals surface area contributed by atoms with Crippen LogP contribution in [0.25, 0.3) is 0 Å². The van der Waals surface area contributed by atoms with Crippen molar-refractivity contribution >= 4 is 0 Å². The predicted molar refractivity (Wildman–Crippen MR) is 84.6 cm³/mol. The summed E-state index contributed by atoms with van der Waals surface area (Å²) in [5.41, 5.74) is 2.35. The molecule has 0 saturated carbocycles. The lowest BCUT2D eigenvalue weighted by Gasteiger charge is -2.36. The fourth-order valence-electron chi connectivity index (χ4n) is 2.57. The van der Waals surface area contributed by atoms with E-state index < -0.39 is 0 Å². The van der Waals surface area contributed by atoms with E-state index >= 15 is 0 Å². The Bertz CT molecular complexity index is 507. The van der Waals surface area contributed by atoms with Crippen LogP contribution in [0, 0.1) is 0 Å². The molecule has 0 aromatic heterocycles. The van der Waals surface area contributed by atoms with Crippen LogP contribution in [0.15, 0.2) is 66.5 Å². The van der Waals surface area contributed by atoms with Gasteiger partial charge in [-0.3, -0.25) is 4.90 Å². The van der Waals surface area contributed by atoms with Crippen LogP contribution in [-0.2, 0) is 11.3 Å². The number of nitrogens with zero attached hydrogens (tertiary/aromatic N) is 1. The van der Waals surface area contributed by atoms with E-state index in [4.69, 9.17) is 4.74 Å². The number of hydrogen-bond acceptors (Lipinski definition) is 2. The summed E-state index contributed by atoms with van der Waals surface area (Å²) in [6.07, 6.45) is 7.82. The molecule has 1 aliphatic heterocycles. The van der Waals surface area contributed by atoms with Gasteiger partial charge in [0, 0.05) is 13.1 Å². The minimum Gasteiger partial charge on any atom is -0.378 e. The van der Waals surface area contributed by atoms with E-state index in [0.29, 0.717) is 12.9 Å². The van der Waals surface area contributed by atoms with E-state index in [1.807, 2.05) is 31.2 Å². The second kappa shape index (κ2) is 8.55. The van der Waals surface area contributed by atoms with Crippen LogP contribution in [0.1, 0.15) is 12.5 Å². The fourth-order valence-corrected chi connectivity index (χ4v) is 2.57. The van der Waals surface area contributed by atoms with Crippen molar-refractivity contribution in [3.8, 4) is 0 Å². The molecule has 3 heteroatoms. The third-order valence-corrected chi connectivity index (χ3v) is 3.57. The highest BCUT2D eigenvalue weighted by Gasteiger charge is 2.24. The lowest BCUT2D eigenvalue weighted by Crippen LogP contribution is -2.45. The number of rotatable bonds is 5. The molecular formula is C18H22FNO. The largest absolute Gasteiger partial charge is 0.378 e. The van der Waals surface area contributed by atoms with E-state index in [0.717, 1.165) is 25.3 Å². The highest BCUT2D eigenvalue weighted by molar-refractivity contribution is 5.29. The molecule has 1 aliphatic rings. The molecule has 0 aliphatic carbocycles. The van der Waals surface area contributed by atoms with Crippen LogP contribution in [-0.4, -0.2) is 30.7 Å². The Morgan fingerprint density at radius 3 is 2.90 bits per heavy atom. The molecule has 0 bridgehead atoms. The van der Waals surface area contributed by atoms with Crippen molar-refractivity contribution in [1.29, 1.82) is 0 Å². The quantitative estimate of drug-likeness (QED) is 0.762. The molecular weight excluding hydrogens is 265 g/mol. The SMILES string of the molecule is C\C=C/C(=C\C=C\F)[C@@H]1COCCN1Cc1ccccc1. The zero-order valence-electron chi connectivity index (χ0n) is 12.4. The van der Waals surface area contributed by atoms with Gasteiger partial charge in [0.1, 0.15) is 0 Å². The van der Waals surface area contributed by atoms with E-state index in [-0.39, 0.29) is 6.04 Å². The van der Waals surface area contributed by atoms with Crippen LogP contribution in [0.3, 0.4) is 0 Å². The number of halogens is 1. The highest BCUT2D eigenvalue weighted by Crippen LogP contribution is 2.19. The van der Waals surface area contributed by atoms with Crippen molar-refractivity contribution in [2.45, 2.75) is 19.5 Å². The van der Waals surface area contributed by atoms with Gasteiger partial charge in [0.05, 0.1) is 25.6 Å². The van der Waals surface area contributed by atoms with Gasteiger partial charge in [0.25, 0.3) is 0 Å². The number of hydrogen-bond donors (Lipinski definition) is 0. The summed E-state index contributed by atoms with van der Waals surface area (Å²) in [6.45, 7) is 5.11. The topological polar surface area (TPSA) is 12.5 Å². The van der Waals surface area contributed by atoms with Crippen LogP contribution in [0.5, 0.6) is 0 Å². The van der Waals surface area contributed by atoms with Crippen molar-refractivity contribution in [3.05, 3.63) is 72.1 Å². The van der Waals surface area contributed by atoms with Crippen LogP contribution < -0.4 is 0 Å². The molecule has 0 amide bonds. The molecule has 1 saturated heterocycles. The lowest BCUT2D eigenvalue weighted by molar-refractivity contribution is 0.00329. The van der Waals surface area contributed by atoms with Crippen LogP contribution in [0.4, 0.5) is 4.39 Å². The molecule has 2 rings (SSSR count). The average molecular weight is 287 g/mol. The number of ether oxygens (including phenoxy) is 1. The molecule has 0 unspecified atom stereocenters. The van der Waals surface area contributed by atoms with Gasteiger partial charge in [-0.05, 0) is 24.1 Å². The zero-order valence-corrected chi connectivity index (χ0v) is 12.4. The molecule has 0 N–H and O–H groups in total. The van der Waals surface area contributed by atoms with E-state index in [1.54, 1.807) is 0 Å². The molecule has 1 aromatic rings. The summed E-state index contributed by atoms with van der Waals surface area (Å²) in [4.78, 5) is 2.39. The number of morpholine rings is 1. The summed E-state index contributed by atoms with van der Waals surface area (Å²) in [5, 5.41) is 0. The monoisotopic (exact) mass is 287 g/mol. The van der Waals surface area contributed by atoms with Gasteiger partial charge in [0.15, 0.2) is 0 Å². The molecule has 1 aromatic carbocycles. The first-order valence-corrected chi connectivity index (χ1v) is 7.30. The first kappa shape index (κ1) is 15.7. The average Bonchev–Trinajstić information content (AvgIpc) is 2.53. The first-order chi connectivity index (χ1) is 10.3. The zero-order chi connectivity index (χ0) is 14.9. The summed E-state index contributed by atoms with van der Waals surface area (Å²) >= 11 is 0. The first-order valence-electron chi connectivity index (χ1n) is 7.30. The number of allylic oxidation sites excluding steroid dienone is 3. The normalized spacial score (nSPS) is 21.4. The fraction of sp³-hybridized carbons (Fsp3) is 0.333. The Hall–Kier alpha value is -1.71. The van der Waals surface area contributed by atoms with Gasteiger partial charge in [-0.2, -0.15) is 0 Å². The van der Waals surface area contributed by atoms with Gasteiger partial charge in [-0.15, -0.1) is 0 Å². The Kier molecular flexibility index (Phi) is 6.38. The molecule has 112 valence electrons. The Balaban J connectivity index is 2.17. The number of benzene rings is 1. The Labute approximate surface area is 126 Å². The summed E-state index contributed by atoms with van der Waals surface area (Å²) in [7, 11) is 0. The van der Waals surface area contributed by atoms with Crippen molar-refractivity contribution in [1.82, 2.24) is 4.90 Å². The molecule has 0 radical (unpaired) electrons. The van der Waals surface area contributed by atoms with Crippen molar-refractivity contribution in [2.75, 3.05) is 19.8 Å². The third kappa shape index (κ3) is 4.66. The molecule has 1 atom stereocenters. The molecule has 1 fully saturated rings. The third-order valence-electron chi connectivity index (χ3n) is 3.57. The maximum absolute atomic E-state index is 12.3. The smallest absolute Gasteiger partial charge is 0.0867 e. The van der Waals surface area contributed by atoms with Crippen molar-refractivity contribution < 1.29 is 9.13 Å². The van der Waals surface area contributed by atoms with E-state index in [9.17, 15) is 4.39 Å². The van der Waals surface area contributed by atoms with Gasteiger partial charge >= 0.3 is 0 Å². The van der Waals surface area contributed by atoms with E-state index in [1.165, 1.54) is 11.6 Å². The summed E-state index contributed by atoms with van der Waals surface area (Å²) < 4.78 is 17.9. The van der Waals surface area contributed by atoms with Crippen LogP contribution in [0.2, 0.25) is 0 Å². The molecule has 0 spiro atoms. The standard InChI is InChI=1S/C18H22FNO/c1-2-7-17(10-6-11-19)18-15-21-13-12-20(18)14-16-8-4-3-5-9-16/h2-11,18H,12-15H2,1H3/b7-2-,11-6+,17-10+/t18-/m0/s1. The Morgan fingerprint density at radius 1 is 1.38 bits per heavy atom. The van der Waals surface area contributed by atoms with Crippen molar-refractivity contribution in [3.63, 3.8) is 0 Å². The van der Waals surface area contributed by atoms with Gasteiger partial charge in [0.2, 0.25) is 0 Å². The summed E-state index contributed by atoms with van der Waals surface area (Å²) in [5.74, 6) is 0. The van der Waals surface area contributed by atoms with E-state index in [2.05, 4.69) is 29.2 Å². The maximum Gasteiger partial charge on any atom is 0.0867 e. The van der Waals surface area contributed by atoms with Crippen molar-refractivity contribution in [2.24, 2.45) is 0 Å². The molecule has 21 heavy (non-hydrogen) atoms. The minimum absolute atomic E-state index is 0.159. The minimum atomic E-state index is 0.159. The van der Waals surface area contributed by atoms with Gasteiger partial charge in [-0.1, -0.05) is 48.6 Å². The molecule has 1 heterocycles. The maximum atomic E-state index is 12.3. The second-order valence-electron chi connectivity index (χ2n) is 5.03.